The average molecular weight is 222 g/mol. The molecule has 82 valence electrons. The molecule has 2 rings (SSSR count). The van der Waals surface area contributed by atoms with Crippen molar-refractivity contribution in [1.29, 1.82) is 0 Å². The molecule has 0 amide bonds. The fourth-order valence-corrected chi connectivity index (χ4v) is 0.997. The summed E-state index contributed by atoms with van der Waals surface area (Å²) in [4.78, 5) is 9.70. The van der Waals surface area contributed by atoms with Gasteiger partial charge in [-0.1, -0.05) is 5.10 Å². The summed E-state index contributed by atoms with van der Waals surface area (Å²) in [6, 6.07) is 2.65. The zero-order valence-electron chi connectivity index (χ0n) is 7.86. The second-order valence-electron chi connectivity index (χ2n) is 2.74. The molecule has 2 aromatic rings. The van der Waals surface area contributed by atoms with E-state index in [2.05, 4.69) is 10.2 Å². The quantitative estimate of drug-likeness (QED) is 0.613. The van der Waals surface area contributed by atoms with Crippen LogP contribution in [0.5, 0.6) is 0 Å². The van der Waals surface area contributed by atoms with Crippen molar-refractivity contribution in [3.05, 3.63) is 33.9 Å². The maximum Gasteiger partial charge on any atom is 0.433 e. The molecule has 16 heavy (non-hydrogen) atoms. The summed E-state index contributed by atoms with van der Waals surface area (Å²) >= 11 is 0. The first kappa shape index (κ1) is 9.90. The van der Waals surface area contributed by atoms with E-state index in [4.69, 9.17) is 14.6 Å². The van der Waals surface area contributed by atoms with Crippen LogP contribution in [-0.2, 0) is 0 Å². The van der Waals surface area contributed by atoms with E-state index in [0.717, 1.165) is 0 Å². The highest BCUT2D eigenvalue weighted by Gasteiger charge is 2.09. The molecule has 2 N–H and O–H groups in total. The summed E-state index contributed by atoms with van der Waals surface area (Å²) in [5.74, 6) is 0.171. The van der Waals surface area contributed by atoms with Gasteiger partial charge in [0, 0.05) is 6.08 Å². The van der Waals surface area contributed by atoms with Crippen molar-refractivity contribution in [3.63, 3.8) is 0 Å². The van der Waals surface area contributed by atoms with Crippen molar-refractivity contribution in [2.24, 2.45) is 0 Å². The molecule has 0 aromatic carbocycles. The van der Waals surface area contributed by atoms with Gasteiger partial charge in [0.2, 0.25) is 5.89 Å². The van der Waals surface area contributed by atoms with Crippen molar-refractivity contribution < 1.29 is 13.8 Å². The minimum atomic E-state index is -0.623. The Bertz CT molecular complexity index is 542. The number of anilines is 1. The number of hydrogen-bond acceptors (Lipinski definition) is 7. The monoisotopic (exact) mass is 222 g/mol. The highest BCUT2D eigenvalue weighted by molar-refractivity contribution is 5.63. The summed E-state index contributed by atoms with van der Waals surface area (Å²) in [7, 11) is 0. The topological polar surface area (TPSA) is 121 Å². The molecule has 0 aliphatic carbocycles. The van der Waals surface area contributed by atoms with Crippen LogP contribution in [0.25, 0.3) is 12.2 Å². The lowest BCUT2D eigenvalue weighted by Gasteiger charge is -1.83. The zero-order chi connectivity index (χ0) is 11.5. The highest BCUT2D eigenvalue weighted by Crippen LogP contribution is 2.17. The standard InChI is InChI=1S/C8H6N4O4/c9-8-11-10-6(16-8)3-1-5-2-4-7(15-5)12(13)14/h1-4H,(H2,9,11). The van der Waals surface area contributed by atoms with Crippen molar-refractivity contribution in [1.82, 2.24) is 10.2 Å². The van der Waals surface area contributed by atoms with Gasteiger partial charge in [-0.3, -0.25) is 10.1 Å². The Morgan fingerprint density at radius 1 is 1.31 bits per heavy atom. The molecular weight excluding hydrogens is 216 g/mol. The lowest BCUT2D eigenvalue weighted by Crippen LogP contribution is -1.82. The predicted octanol–water partition coefficient (Wildman–Crippen LogP) is 1.32. The number of rotatable bonds is 3. The smallest absolute Gasteiger partial charge is 0.404 e. The van der Waals surface area contributed by atoms with Crippen LogP contribution in [0, 0.1) is 10.1 Å². The minimum absolute atomic E-state index is 0.0509. The van der Waals surface area contributed by atoms with Crippen molar-refractivity contribution in [2.75, 3.05) is 5.73 Å². The van der Waals surface area contributed by atoms with Crippen LogP contribution in [0.1, 0.15) is 11.7 Å². The first-order valence-electron chi connectivity index (χ1n) is 4.16. The van der Waals surface area contributed by atoms with E-state index in [1.54, 1.807) is 0 Å². The van der Waals surface area contributed by atoms with E-state index in [0.29, 0.717) is 5.76 Å². The molecule has 0 saturated carbocycles. The average Bonchev–Trinajstić information content (AvgIpc) is 2.83. The highest BCUT2D eigenvalue weighted by atomic mass is 16.6. The van der Waals surface area contributed by atoms with E-state index in [1.165, 1.54) is 24.3 Å². The van der Waals surface area contributed by atoms with Gasteiger partial charge in [0.25, 0.3) is 0 Å². The van der Waals surface area contributed by atoms with Crippen LogP contribution < -0.4 is 5.73 Å². The largest absolute Gasteiger partial charge is 0.433 e. The Hall–Kier alpha value is -2.64. The van der Waals surface area contributed by atoms with Crippen LogP contribution in [-0.4, -0.2) is 15.1 Å². The number of nitro groups is 1. The van der Waals surface area contributed by atoms with Crippen LogP contribution in [0.4, 0.5) is 11.9 Å². The summed E-state index contributed by atoms with van der Waals surface area (Å²) in [5.41, 5.74) is 5.20. The third-order valence-corrected chi connectivity index (χ3v) is 1.64. The van der Waals surface area contributed by atoms with Gasteiger partial charge in [-0.15, -0.1) is 5.10 Å². The van der Waals surface area contributed by atoms with Crippen molar-refractivity contribution in [2.45, 2.75) is 0 Å². The molecule has 8 heteroatoms. The fourth-order valence-electron chi connectivity index (χ4n) is 0.997. The van der Waals surface area contributed by atoms with E-state index >= 15 is 0 Å². The molecule has 0 unspecified atom stereocenters. The summed E-state index contributed by atoms with van der Waals surface area (Å²) < 4.78 is 9.72. The molecular formula is C8H6N4O4. The number of aromatic nitrogens is 2. The van der Waals surface area contributed by atoms with Crippen LogP contribution in [0.2, 0.25) is 0 Å². The van der Waals surface area contributed by atoms with Crippen LogP contribution in [0.15, 0.2) is 21.0 Å². The summed E-state index contributed by atoms with van der Waals surface area (Å²) in [6.45, 7) is 0. The van der Waals surface area contributed by atoms with Gasteiger partial charge >= 0.3 is 11.9 Å². The molecule has 0 radical (unpaired) electrons. The maximum atomic E-state index is 10.3. The van der Waals surface area contributed by atoms with Gasteiger partial charge < -0.3 is 14.6 Å². The van der Waals surface area contributed by atoms with Gasteiger partial charge in [0.1, 0.15) is 10.7 Å². The summed E-state index contributed by atoms with van der Waals surface area (Å²) in [5, 5.41) is 17.3. The normalized spacial score (nSPS) is 11.0. The molecule has 2 aromatic heterocycles. The fraction of sp³-hybridized carbons (Fsp3) is 0. The Labute approximate surface area is 88.5 Å². The molecule has 0 spiro atoms. The van der Waals surface area contributed by atoms with Gasteiger partial charge in [-0.05, 0) is 12.1 Å². The maximum absolute atomic E-state index is 10.3. The van der Waals surface area contributed by atoms with Gasteiger partial charge in [0.15, 0.2) is 0 Å². The van der Waals surface area contributed by atoms with E-state index in [-0.39, 0.29) is 17.8 Å². The Morgan fingerprint density at radius 2 is 2.12 bits per heavy atom. The Morgan fingerprint density at radius 3 is 2.69 bits per heavy atom. The Kier molecular flexibility index (Phi) is 2.38. The molecule has 0 aliphatic heterocycles. The lowest BCUT2D eigenvalue weighted by atomic mass is 10.4. The first-order chi connectivity index (χ1) is 7.65. The third-order valence-electron chi connectivity index (χ3n) is 1.64. The van der Waals surface area contributed by atoms with Crippen molar-refractivity contribution in [3.8, 4) is 0 Å². The number of nitrogen functional groups attached to an aromatic ring is 1. The molecule has 2 heterocycles. The zero-order valence-corrected chi connectivity index (χ0v) is 7.86. The SMILES string of the molecule is Nc1nnc(C=Cc2ccc([N+](=O)[O-])o2)o1. The van der Waals surface area contributed by atoms with Crippen LogP contribution in [0.3, 0.4) is 0 Å². The number of nitrogens with two attached hydrogens (primary N) is 1. The van der Waals surface area contributed by atoms with Crippen LogP contribution >= 0.6 is 0 Å². The lowest BCUT2D eigenvalue weighted by molar-refractivity contribution is -0.402. The minimum Gasteiger partial charge on any atom is -0.404 e. The summed E-state index contributed by atoms with van der Waals surface area (Å²) in [6.07, 6.45) is 2.89. The van der Waals surface area contributed by atoms with E-state index in [1.807, 2.05) is 0 Å². The number of nitrogens with zero attached hydrogens (tertiary/aromatic N) is 3. The second kappa shape index (κ2) is 3.85. The molecule has 0 aliphatic rings. The molecule has 8 nitrogen and oxygen atoms in total. The van der Waals surface area contributed by atoms with Gasteiger partial charge in [-0.25, -0.2) is 0 Å². The Balaban J connectivity index is 2.14. The molecule has 0 bridgehead atoms. The third kappa shape index (κ3) is 2.05. The number of furan rings is 1. The number of hydrogen-bond donors (Lipinski definition) is 1. The first-order valence-corrected chi connectivity index (χ1v) is 4.16. The molecule has 0 fully saturated rings. The predicted molar refractivity (Wildman–Crippen MR) is 53.0 cm³/mol. The van der Waals surface area contributed by atoms with Gasteiger partial charge in [0.05, 0.1) is 6.07 Å². The van der Waals surface area contributed by atoms with E-state index < -0.39 is 4.92 Å². The van der Waals surface area contributed by atoms with Gasteiger partial charge in [-0.2, -0.15) is 0 Å². The van der Waals surface area contributed by atoms with E-state index in [9.17, 15) is 10.1 Å². The second-order valence-corrected chi connectivity index (χ2v) is 2.74. The molecule has 0 atom stereocenters. The van der Waals surface area contributed by atoms with Crippen molar-refractivity contribution >= 4 is 24.1 Å². The molecule has 0 saturated heterocycles.